The molecule has 7 rings (SSSR count). The number of rotatable bonds is 0. The second-order valence-corrected chi connectivity index (χ2v) is 7.89. The van der Waals surface area contributed by atoms with Crippen LogP contribution in [-0.2, 0) is 0 Å². The molecule has 3 aromatic carbocycles. The molecule has 0 aliphatic heterocycles. The smallest absolute Gasteiger partial charge is 0.200 e. The number of aromatic nitrogens is 2. The van der Waals surface area contributed by atoms with Crippen molar-refractivity contribution in [1.29, 1.82) is 0 Å². The van der Waals surface area contributed by atoms with Gasteiger partial charge >= 0.3 is 0 Å². The Morgan fingerprint density at radius 3 is 2.06 bits per heavy atom. The largest absolute Gasteiger partial charge is 0.456 e. The third kappa shape index (κ3) is 1.98. The third-order valence-corrected chi connectivity index (χ3v) is 6.20. The van der Waals surface area contributed by atoms with Gasteiger partial charge in [-0.15, -0.1) is 0 Å². The van der Waals surface area contributed by atoms with Crippen molar-refractivity contribution in [3.8, 4) is 0 Å². The predicted molar refractivity (Wildman–Crippen MR) is 125 cm³/mol. The number of fused-ring (bicyclic) bond motifs is 6. The highest BCUT2D eigenvalue weighted by Crippen LogP contribution is 2.29. The van der Waals surface area contributed by atoms with Gasteiger partial charge in [-0.05, 0) is 36.4 Å². The Labute approximate surface area is 177 Å². The van der Waals surface area contributed by atoms with Crippen LogP contribution in [0.3, 0.4) is 0 Å². The Bertz CT molecular complexity index is 2110. The van der Waals surface area contributed by atoms with E-state index in [0.29, 0.717) is 60.0 Å². The maximum atomic E-state index is 13.5. The van der Waals surface area contributed by atoms with Crippen LogP contribution in [-0.4, -0.2) is 9.38 Å². The van der Waals surface area contributed by atoms with Gasteiger partial charge in [-0.2, -0.15) is 0 Å². The number of pyridine rings is 3. The molecule has 0 N–H and O–H groups in total. The SMILES string of the molecule is O=c1c2ccccc2oc2cc3c(=O)c4cncc5c(=O)c6ccccc6n(c3cc12)c54. The number of benzene rings is 3. The van der Waals surface area contributed by atoms with Crippen molar-refractivity contribution in [1.82, 2.24) is 9.38 Å². The fraction of sp³-hybridized carbons (Fsp3) is 0. The Balaban J connectivity index is 1.88. The van der Waals surface area contributed by atoms with Crippen LogP contribution in [0.4, 0.5) is 0 Å². The predicted octanol–water partition coefficient (Wildman–Crippen LogP) is 4.21. The molecule has 7 aromatic rings. The standard InChI is InChI=1S/C26H12N2O4/c29-24-13-5-1-3-7-19(13)28-20-9-16-22(32-21-8-4-2-6-14(21)25(16)30)10-15(20)26(31)18-12-27-11-17(24)23(18)28/h1-12H. The third-order valence-electron chi connectivity index (χ3n) is 6.20. The molecule has 0 fully saturated rings. The summed E-state index contributed by atoms with van der Waals surface area (Å²) < 4.78 is 7.86. The first-order valence-electron chi connectivity index (χ1n) is 10.1. The van der Waals surface area contributed by atoms with Gasteiger partial charge in [0.1, 0.15) is 11.2 Å². The average molecular weight is 416 g/mol. The quantitative estimate of drug-likeness (QED) is 0.273. The first-order valence-corrected chi connectivity index (χ1v) is 10.1. The van der Waals surface area contributed by atoms with Gasteiger partial charge in [0.25, 0.3) is 0 Å². The second-order valence-electron chi connectivity index (χ2n) is 7.89. The van der Waals surface area contributed by atoms with E-state index in [0.717, 1.165) is 0 Å². The van der Waals surface area contributed by atoms with Gasteiger partial charge in [-0.25, -0.2) is 0 Å². The van der Waals surface area contributed by atoms with Gasteiger partial charge in [0, 0.05) is 17.8 Å². The van der Waals surface area contributed by atoms with Crippen LogP contribution < -0.4 is 16.3 Å². The Morgan fingerprint density at radius 2 is 1.25 bits per heavy atom. The molecule has 0 bridgehead atoms. The monoisotopic (exact) mass is 416 g/mol. The lowest BCUT2D eigenvalue weighted by Crippen LogP contribution is -2.15. The van der Waals surface area contributed by atoms with Crippen LogP contribution in [0.2, 0.25) is 0 Å². The Hall–Kier alpha value is -4.58. The van der Waals surface area contributed by atoms with Crippen LogP contribution in [0, 0.1) is 0 Å². The molecule has 0 aliphatic rings. The van der Waals surface area contributed by atoms with E-state index in [1.54, 1.807) is 48.5 Å². The van der Waals surface area contributed by atoms with E-state index in [1.165, 1.54) is 12.4 Å². The lowest BCUT2D eigenvalue weighted by atomic mass is 10.0. The number of hydrogen-bond donors (Lipinski definition) is 0. The van der Waals surface area contributed by atoms with E-state index in [-0.39, 0.29) is 16.3 Å². The molecule has 6 heteroatoms. The zero-order chi connectivity index (χ0) is 21.6. The first-order chi connectivity index (χ1) is 15.6. The molecule has 32 heavy (non-hydrogen) atoms. The van der Waals surface area contributed by atoms with Gasteiger partial charge in [0.2, 0.25) is 5.43 Å². The van der Waals surface area contributed by atoms with E-state index in [1.807, 2.05) is 16.5 Å². The minimum Gasteiger partial charge on any atom is -0.456 e. The number of para-hydroxylation sites is 2. The second kappa shape index (κ2) is 5.76. The molecule has 0 unspecified atom stereocenters. The maximum absolute atomic E-state index is 13.5. The summed E-state index contributed by atoms with van der Waals surface area (Å²) in [6, 6.07) is 17.6. The van der Waals surface area contributed by atoms with Crippen LogP contribution in [0.1, 0.15) is 0 Å². The molecule has 0 radical (unpaired) electrons. The molecule has 4 aromatic heterocycles. The lowest BCUT2D eigenvalue weighted by Gasteiger charge is -2.14. The summed E-state index contributed by atoms with van der Waals surface area (Å²) >= 11 is 0. The number of nitrogens with zero attached hydrogens (tertiary/aromatic N) is 2. The Morgan fingerprint density at radius 1 is 0.594 bits per heavy atom. The highest BCUT2D eigenvalue weighted by molar-refractivity contribution is 6.09. The summed E-state index contributed by atoms with van der Waals surface area (Å²) in [6.07, 6.45) is 2.98. The molecule has 150 valence electrons. The van der Waals surface area contributed by atoms with E-state index in [4.69, 9.17) is 4.42 Å². The minimum atomic E-state index is -0.259. The van der Waals surface area contributed by atoms with E-state index in [2.05, 4.69) is 4.98 Å². The summed E-state index contributed by atoms with van der Waals surface area (Å²) in [5.74, 6) is 0. The zero-order valence-corrected chi connectivity index (χ0v) is 16.5. The van der Waals surface area contributed by atoms with Gasteiger partial charge in [0.05, 0.1) is 43.5 Å². The number of hydrogen-bond acceptors (Lipinski definition) is 5. The summed E-state index contributed by atoms with van der Waals surface area (Å²) in [7, 11) is 0. The average Bonchev–Trinajstić information content (AvgIpc) is 2.83. The maximum Gasteiger partial charge on any atom is 0.200 e. The van der Waals surface area contributed by atoms with Crippen LogP contribution in [0.25, 0.3) is 60.0 Å². The highest BCUT2D eigenvalue weighted by Gasteiger charge is 2.19. The van der Waals surface area contributed by atoms with Crippen molar-refractivity contribution < 1.29 is 4.42 Å². The molecular formula is C26H12N2O4. The van der Waals surface area contributed by atoms with Gasteiger partial charge < -0.3 is 8.82 Å². The summed E-state index contributed by atoms with van der Waals surface area (Å²) in [4.78, 5) is 44.0. The van der Waals surface area contributed by atoms with E-state index >= 15 is 0 Å². The van der Waals surface area contributed by atoms with Gasteiger partial charge in [0.15, 0.2) is 10.9 Å². The van der Waals surface area contributed by atoms with Crippen LogP contribution in [0.15, 0.2) is 91.9 Å². The molecule has 0 saturated heterocycles. The minimum absolute atomic E-state index is 0.167. The molecule has 0 amide bonds. The normalized spacial score (nSPS) is 12.1. The van der Waals surface area contributed by atoms with Crippen LogP contribution in [0.5, 0.6) is 0 Å². The van der Waals surface area contributed by atoms with Gasteiger partial charge in [-0.1, -0.05) is 24.3 Å². The fourth-order valence-corrected chi connectivity index (χ4v) is 4.75. The molecule has 0 spiro atoms. The summed E-state index contributed by atoms with van der Waals surface area (Å²) in [5.41, 5.74) is 1.92. The van der Waals surface area contributed by atoms with Crippen molar-refractivity contribution >= 4 is 60.0 Å². The van der Waals surface area contributed by atoms with Crippen molar-refractivity contribution in [2.75, 3.05) is 0 Å². The van der Waals surface area contributed by atoms with Crippen molar-refractivity contribution in [2.45, 2.75) is 0 Å². The summed E-state index contributed by atoms with van der Waals surface area (Å²) in [5, 5.41) is 2.48. The van der Waals surface area contributed by atoms with Gasteiger partial charge in [-0.3, -0.25) is 19.4 Å². The van der Waals surface area contributed by atoms with Crippen molar-refractivity contribution in [2.24, 2.45) is 0 Å². The molecule has 6 nitrogen and oxygen atoms in total. The Kier molecular flexibility index (Phi) is 3.09. The molecule has 4 heterocycles. The highest BCUT2D eigenvalue weighted by atomic mass is 16.3. The fourth-order valence-electron chi connectivity index (χ4n) is 4.75. The molecule has 0 saturated carbocycles. The lowest BCUT2D eigenvalue weighted by molar-refractivity contribution is 0.660. The molecular weight excluding hydrogens is 404 g/mol. The zero-order valence-electron chi connectivity index (χ0n) is 16.5. The van der Waals surface area contributed by atoms with E-state index < -0.39 is 0 Å². The summed E-state index contributed by atoms with van der Waals surface area (Å²) in [6.45, 7) is 0. The first kappa shape index (κ1) is 17.1. The molecule has 0 atom stereocenters. The topological polar surface area (TPSA) is 81.7 Å². The van der Waals surface area contributed by atoms with Crippen molar-refractivity contribution in [3.63, 3.8) is 0 Å². The van der Waals surface area contributed by atoms with E-state index in [9.17, 15) is 14.4 Å². The molecule has 0 aliphatic carbocycles. The van der Waals surface area contributed by atoms with Crippen LogP contribution >= 0.6 is 0 Å². The van der Waals surface area contributed by atoms with Crippen molar-refractivity contribution in [3.05, 3.63) is 104 Å².